The van der Waals surface area contributed by atoms with Crippen LogP contribution in [-0.4, -0.2) is 13.1 Å². The van der Waals surface area contributed by atoms with Gasteiger partial charge in [0.2, 0.25) is 0 Å². The smallest absolute Gasteiger partial charge is 0.0946 e. The summed E-state index contributed by atoms with van der Waals surface area (Å²) in [6, 6.07) is 0. The molecule has 60 valence electrons. The lowest BCUT2D eigenvalue weighted by atomic mass is 10.6. The van der Waals surface area contributed by atoms with Crippen LogP contribution in [0.1, 0.15) is 0 Å². The molecule has 0 aromatic heterocycles. The summed E-state index contributed by atoms with van der Waals surface area (Å²) in [6.45, 7) is 2.39. The van der Waals surface area contributed by atoms with Gasteiger partial charge in [-0.05, 0) is 12.2 Å². The van der Waals surface area contributed by atoms with Gasteiger partial charge in [0, 0.05) is 0 Å². The zero-order valence-electron chi connectivity index (χ0n) is 5.16. The van der Waals surface area contributed by atoms with E-state index in [4.69, 9.17) is 18.6 Å². The number of quaternary nitrogens is 1. The highest BCUT2D eigenvalue weighted by molar-refractivity contribution is 4.83. The van der Waals surface area contributed by atoms with E-state index in [9.17, 15) is 0 Å². The molecule has 0 aromatic carbocycles. The van der Waals surface area contributed by atoms with Crippen molar-refractivity contribution in [1.82, 2.24) is 0 Å². The lowest BCUT2D eigenvalue weighted by Gasteiger charge is -2.17. The van der Waals surface area contributed by atoms with E-state index in [-0.39, 0.29) is 0 Å². The quantitative estimate of drug-likeness (QED) is 0.365. The van der Waals surface area contributed by atoms with Crippen LogP contribution >= 0.6 is 0 Å². The third kappa shape index (κ3) is 15.7. The van der Waals surface area contributed by atoms with E-state index in [2.05, 4.69) is 17.5 Å². The van der Waals surface area contributed by atoms with Crippen LogP contribution in [0.2, 0.25) is 0 Å². The Hall–Kier alpha value is -0.170. The fraction of sp³-hybridized carbons (Fsp3) is 0.500. The number of rotatable bonds is 0. The molecular weight excluding hydrogens is 162 g/mol. The summed E-state index contributed by atoms with van der Waals surface area (Å²) in [5.41, 5.74) is 0. The Morgan fingerprint density at radius 2 is 1.30 bits per heavy atom. The highest BCUT2D eigenvalue weighted by atomic mass is 35.7. The predicted octanol–water partition coefficient (Wildman–Crippen LogP) is -5.64. The van der Waals surface area contributed by atoms with Crippen molar-refractivity contribution in [2.24, 2.45) is 0 Å². The van der Waals surface area contributed by atoms with Crippen LogP contribution in [0, 0.1) is 10.2 Å². The summed E-state index contributed by atoms with van der Waals surface area (Å²) < 4.78 is 34.0. The van der Waals surface area contributed by atoms with Crippen molar-refractivity contribution in [2.45, 2.75) is 0 Å². The Kier molecular flexibility index (Phi) is 4.54. The van der Waals surface area contributed by atoms with Gasteiger partial charge >= 0.3 is 0 Å². The fourth-order valence-electron chi connectivity index (χ4n) is 0.481. The first-order chi connectivity index (χ1) is 4.50. The lowest BCUT2D eigenvalue weighted by Crippen LogP contribution is -2.81. The van der Waals surface area contributed by atoms with Crippen LogP contribution in [0.4, 0.5) is 0 Å². The minimum absolute atomic E-state index is 1.19. The van der Waals surface area contributed by atoms with Crippen molar-refractivity contribution in [3.63, 3.8) is 0 Å². The molecule has 0 spiro atoms. The standard InChI is InChI=1S/C4H7N.ClHO4/c1-2-4-5-3-1;2-1(3,4)5/h1-2,5H,3-4H2;(H,2,3,4,5). The molecule has 0 radical (unpaired) electrons. The van der Waals surface area contributed by atoms with Gasteiger partial charge in [-0.15, -0.1) is 10.2 Å². The average molecular weight is 170 g/mol. The number of nitrogens with two attached hydrogens (primary N) is 1. The summed E-state index contributed by atoms with van der Waals surface area (Å²) in [7, 11) is -4.94. The van der Waals surface area contributed by atoms with E-state index in [1.54, 1.807) is 0 Å². The van der Waals surface area contributed by atoms with Crippen LogP contribution in [0.3, 0.4) is 0 Å². The van der Waals surface area contributed by atoms with E-state index in [0.717, 1.165) is 0 Å². The molecule has 1 heterocycles. The van der Waals surface area contributed by atoms with Crippen LogP contribution in [0.5, 0.6) is 0 Å². The first-order valence-electron chi connectivity index (χ1n) is 2.58. The molecule has 0 atom stereocenters. The summed E-state index contributed by atoms with van der Waals surface area (Å²) in [4.78, 5) is 0. The van der Waals surface area contributed by atoms with E-state index < -0.39 is 10.2 Å². The normalized spacial score (nSPS) is 16.4. The molecule has 0 saturated heterocycles. The van der Waals surface area contributed by atoms with E-state index in [0.29, 0.717) is 0 Å². The van der Waals surface area contributed by atoms with E-state index >= 15 is 0 Å². The van der Waals surface area contributed by atoms with Crippen molar-refractivity contribution in [3.05, 3.63) is 12.2 Å². The molecule has 1 rings (SSSR count). The van der Waals surface area contributed by atoms with Gasteiger partial charge in [0.1, 0.15) is 0 Å². The largest absolute Gasteiger partial charge is 0.340 e. The van der Waals surface area contributed by atoms with Gasteiger partial charge in [-0.1, -0.05) is 0 Å². The summed E-state index contributed by atoms with van der Waals surface area (Å²) in [5, 5.41) is 2.25. The Labute approximate surface area is 60.3 Å². The Bertz CT molecular complexity index is 98.3. The molecule has 2 N–H and O–H groups in total. The van der Waals surface area contributed by atoms with Crippen LogP contribution in [0.15, 0.2) is 12.2 Å². The Morgan fingerprint density at radius 3 is 1.40 bits per heavy atom. The average Bonchev–Trinajstić information content (AvgIpc) is 2.07. The first kappa shape index (κ1) is 9.83. The van der Waals surface area contributed by atoms with Crippen molar-refractivity contribution in [2.75, 3.05) is 13.1 Å². The molecule has 1 aliphatic heterocycles. The Morgan fingerprint density at radius 1 is 1.00 bits per heavy atom. The molecule has 0 amide bonds. The molecule has 0 aliphatic carbocycles. The monoisotopic (exact) mass is 169 g/mol. The number of halogens is 1. The second-order valence-electron chi connectivity index (χ2n) is 1.61. The predicted molar refractivity (Wildman–Crippen MR) is 20.8 cm³/mol. The van der Waals surface area contributed by atoms with E-state index in [1.165, 1.54) is 13.1 Å². The first-order valence-corrected chi connectivity index (χ1v) is 3.82. The summed E-state index contributed by atoms with van der Waals surface area (Å²) in [6.07, 6.45) is 4.36. The van der Waals surface area contributed by atoms with Crippen molar-refractivity contribution >= 4 is 0 Å². The van der Waals surface area contributed by atoms with Gasteiger partial charge in [-0.25, -0.2) is 18.6 Å². The lowest BCUT2D eigenvalue weighted by molar-refractivity contribution is -2.00. The summed E-state index contributed by atoms with van der Waals surface area (Å²) in [5.74, 6) is 0. The maximum absolute atomic E-state index is 8.49. The van der Waals surface area contributed by atoms with Gasteiger partial charge in [-0.2, -0.15) is 0 Å². The minimum atomic E-state index is -4.94. The van der Waals surface area contributed by atoms with Gasteiger partial charge in [0.05, 0.1) is 13.1 Å². The Balaban J connectivity index is 0.000000162. The van der Waals surface area contributed by atoms with Gasteiger partial charge in [0.15, 0.2) is 0 Å². The maximum atomic E-state index is 8.49. The topological polar surface area (TPSA) is 109 Å². The molecule has 0 unspecified atom stereocenters. The molecule has 0 aromatic rings. The highest BCUT2D eigenvalue weighted by Gasteiger charge is 1.86. The molecular formula is C4H8ClNO4. The maximum Gasteiger partial charge on any atom is 0.0946 e. The second kappa shape index (κ2) is 4.62. The summed E-state index contributed by atoms with van der Waals surface area (Å²) >= 11 is 0. The molecule has 10 heavy (non-hydrogen) atoms. The molecule has 0 saturated carbocycles. The zero-order valence-corrected chi connectivity index (χ0v) is 5.91. The highest BCUT2D eigenvalue weighted by Crippen LogP contribution is 1.64. The second-order valence-corrected chi connectivity index (χ2v) is 2.37. The van der Waals surface area contributed by atoms with Gasteiger partial charge < -0.3 is 5.32 Å². The fourth-order valence-corrected chi connectivity index (χ4v) is 0.481. The van der Waals surface area contributed by atoms with Gasteiger partial charge in [-0.3, -0.25) is 0 Å². The molecule has 0 fully saturated rings. The molecule has 5 nitrogen and oxygen atoms in total. The van der Waals surface area contributed by atoms with Gasteiger partial charge in [0.25, 0.3) is 0 Å². The zero-order chi connectivity index (χ0) is 8.04. The molecule has 1 aliphatic rings. The third-order valence-electron chi connectivity index (χ3n) is 0.772. The SMILES string of the molecule is C1=CC[NH2+]C1.[O-][Cl+3]([O-])([O-])[O-]. The number of hydrogen-bond acceptors (Lipinski definition) is 4. The van der Waals surface area contributed by atoms with Crippen molar-refractivity contribution in [3.8, 4) is 0 Å². The van der Waals surface area contributed by atoms with Crippen molar-refractivity contribution < 1.29 is 34.2 Å². The third-order valence-corrected chi connectivity index (χ3v) is 0.772. The van der Waals surface area contributed by atoms with Crippen LogP contribution in [-0.2, 0) is 0 Å². The minimum Gasteiger partial charge on any atom is -0.340 e. The van der Waals surface area contributed by atoms with Crippen LogP contribution < -0.4 is 24.0 Å². The molecule has 0 bridgehead atoms. The van der Waals surface area contributed by atoms with Crippen molar-refractivity contribution in [1.29, 1.82) is 0 Å². The van der Waals surface area contributed by atoms with E-state index in [1.807, 2.05) is 0 Å². The van der Waals surface area contributed by atoms with Crippen LogP contribution in [0.25, 0.3) is 0 Å². The molecule has 6 heteroatoms. The number of hydrogen-bond donors (Lipinski definition) is 1.